The molecule has 2 atom stereocenters. The number of carbonyl (C=O) groups is 1. The smallest absolute Gasteiger partial charge is 0.227 e. The quantitative estimate of drug-likeness (QED) is 0.761. The highest BCUT2D eigenvalue weighted by atomic mass is 35.5. The number of carbonyl (C=O) groups excluding carboxylic acids is 1. The monoisotopic (exact) mass is 426 g/mol. The second-order valence-electron chi connectivity index (χ2n) is 8.22. The number of aromatic nitrogens is 2. The molecule has 0 radical (unpaired) electrons. The summed E-state index contributed by atoms with van der Waals surface area (Å²) in [6, 6.07) is 8.63. The van der Waals surface area contributed by atoms with Gasteiger partial charge < -0.3 is 15.2 Å². The predicted octanol–water partition coefficient (Wildman–Crippen LogP) is 3.90. The lowest BCUT2D eigenvalue weighted by molar-refractivity contribution is -0.133. The van der Waals surface area contributed by atoms with E-state index in [1.807, 2.05) is 6.07 Å². The van der Waals surface area contributed by atoms with Crippen LogP contribution in [0.2, 0.25) is 0 Å². The Balaban J connectivity index is 0.00000140. The first-order valence-electron chi connectivity index (χ1n) is 10.1. The fourth-order valence-corrected chi connectivity index (χ4v) is 5.00. The van der Waals surface area contributed by atoms with E-state index in [0.29, 0.717) is 18.5 Å². The second kappa shape index (κ2) is 9.47. The van der Waals surface area contributed by atoms with Crippen LogP contribution in [-0.4, -0.2) is 35.1 Å². The molecule has 1 saturated heterocycles. The fraction of sp³-hybridized carbons (Fsp3) is 0.619. The third kappa shape index (κ3) is 4.03. The van der Waals surface area contributed by atoms with E-state index in [0.717, 1.165) is 37.3 Å². The molecule has 1 saturated carbocycles. The van der Waals surface area contributed by atoms with E-state index in [1.165, 1.54) is 24.8 Å². The molecule has 0 unspecified atom stereocenters. The van der Waals surface area contributed by atoms with Crippen LogP contribution in [0.25, 0.3) is 11.0 Å². The Morgan fingerprint density at radius 1 is 1.32 bits per heavy atom. The summed E-state index contributed by atoms with van der Waals surface area (Å²) in [4.78, 5) is 17.8. The average molecular weight is 427 g/mol. The van der Waals surface area contributed by atoms with Crippen LogP contribution in [0.3, 0.4) is 0 Å². The van der Waals surface area contributed by atoms with E-state index in [9.17, 15) is 4.79 Å². The van der Waals surface area contributed by atoms with Crippen molar-refractivity contribution < 1.29 is 4.79 Å². The van der Waals surface area contributed by atoms with Crippen molar-refractivity contribution >= 4 is 41.8 Å². The van der Waals surface area contributed by atoms with Crippen molar-refractivity contribution in [2.75, 3.05) is 19.6 Å². The molecule has 4 rings (SSSR count). The Hall–Kier alpha value is -1.30. The third-order valence-corrected chi connectivity index (χ3v) is 6.31. The van der Waals surface area contributed by atoms with Crippen LogP contribution in [0, 0.1) is 11.3 Å². The van der Waals surface area contributed by atoms with Crippen molar-refractivity contribution in [3.05, 3.63) is 30.1 Å². The molecule has 156 valence electrons. The van der Waals surface area contributed by atoms with Gasteiger partial charge in [0.1, 0.15) is 5.82 Å². The maximum absolute atomic E-state index is 13.0. The van der Waals surface area contributed by atoms with E-state index in [1.54, 1.807) is 0 Å². The average Bonchev–Trinajstić information content (AvgIpc) is 3.23. The highest BCUT2D eigenvalue weighted by Gasteiger charge is 2.49. The molecule has 2 aliphatic rings. The summed E-state index contributed by atoms with van der Waals surface area (Å²) in [5.74, 6) is 1.82. The molecule has 1 aromatic carbocycles. The van der Waals surface area contributed by atoms with Gasteiger partial charge >= 0.3 is 0 Å². The van der Waals surface area contributed by atoms with Gasteiger partial charge in [-0.25, -0.2) is 4.98 Å². The van der Waals surface area contributed by atoms with E-state index < -0.39 is 0 Å². The molecular weight excluding hydrogens is 395 g/mol. The molecule has 2 aromatic rings. The molecule has 28 heavy (non-hydrogen) atoms. The van der Waals surface area contributed by atoms with Crippen LogP contribution in [-0.2, 0) is 11.2 Å². The molecule has 1 aliphatic heterocycles. The van der Waals surface area contributed by atoms with Gasteiger partial charge in [-0.05, 0) is 51.3 Å². The molecule has 0 spiro atoms. The van der Waals surface area contributed by atoms with Gasteiger partial charge in [-0.15, -0.1) is 24.8 Å². The number of imidazole rings is 1. The summed E-state index contributed by atoms with van der Waals surface area (Å²) >= 11 is 0. The summed E-state index contributed by atoms with van der Waals surface area (Å²) < 4.78 is 2.29. The molecule has 2 fully saturated rings. The lowest BCUT2D eigenvalue weighted by atomic mass is 9.67. The van der Waals surface area contributed by atoms with Gasteiger partial charge in [0.05, 0.1) is 16.4 Å². The zero-order valence-electron chi connectivity index (χ0n) is 16.7. The van der Waals surface area contributed by atoms with Gasteiger partial charge in [-0.3, -0.25) is 4.79 Å². The number of benzene rings is 1. The lowest BCUT2D eigenvalue weighted by Crippen LogP contribution is -2.48. The van der Waals surface area contributed by atoms with Crippen molar-refractivity contribution in [1.82, 2.24) is 20.2 Å². The third-order valence-electron chi connectivity index (χ3n) is 6.31. The van der Waals surface area contributed by atoms with Crippen LogP contribution >= 0.6 is 24.8 Å². The number of para-hydroxylation sites is 2. The first-order valence-corrected chi connectivity index (χ1v) is 10.1. The Labute approximate surface area is 179 Å². The van der Waals surface area contributed by atoms with Gasteiger partial charge in [-0.2, -0.15) is 0 Å². The van der Waals surface area contributed by atoms with E-state index in [2.05, 4.69) is 47.2 Å². The number of fused-ring (bicyclic) bond motifs is 2. The fourth-order valence-electron chi connectivity index (χ4n) is 5.00. The number of amides is 1. The lowest BCUT2D eigenvalue weighted by Gasteiger charge is -2.37. The van der Waals surface area contributed by atoms with Crippen molar-refractivity contribution in [2.24, 2.45) is 11.3 Å². The number of nitrogens with one attached hydrogen (secondary N) is 2. The van der Waals surface area contributed by atoms with Gasteiger partial charge in [0.25, 0.3) is 0 Å². The van der Waals surface area contributed by atoms with Crippen molar-refractivity contribution in [3.63, 3.8) is 0 Å². The Morgan fingerprint density at radius 3 is 2.89 bits per heavy atom. The summed E-state index contributed by atoms with van der Waals surface area (Å²) in [5, 5.41) is 6.70. The summed E-state index contributed by atoms with van der Waals surface area (Å²) in [7, 11) is 0. The second-order valence-corrected chi connectivity index (χ2v) is 8.22. The maximum Gasteiger partial charge on any atom is 0.227 e. The Bertz CT molecular complexity index is 807. The molecule has 5 nitrogen and oxygen atoms in total. The van der Waals surface area contributed by atoms with Crippen molar-refractivity contribution in [3.8, 4) is 0 Å². The number of nitrogens with zero attached hydrogens (tertiary/aromatic N) is 2. The molecule has 2 N–H and O–H groups in total. The highest BCUT2D eigenvalue weighted by molar-refractivity contribution is 5.85. The number of hydrogen-bond acceptors (Lipinski definition) is 3. The minimum atomic E-state index is -0.170. The first kappa shape index (κ1) is 23.0. The van der Waals surface area contributed by atoms with Crippen LogP contribution < -0.4 is 10.6 Å². The first-order chi connectivity index (χ1) is 12.6. The van der Waals surface area contributed by atoms with Crippen LogP contribution in [0.15, 0.2) is 24.3 Å². The standard InChI is InChI=1S/C21H30N4O.2ClH/c1-15(2)25-18-9-4-3-8-17(18)24-19(25)10-12-23-20(26)21-11-6-5-7-16(21)13-22-14-21;;/h3-4,8-9,15-16,22H,5-7,10-14H2,1-2H3,(H,23,26);2*1H/t16-,21+;;/m0../s1. The van der Waals surface area contributed by atoms with Crippen LogP contribution in [0.4, 0.5) is 0 Å². The predicted molar refractivity (Wildman–Crippen MR) is 119 cm³/mol. The largest absolute Gasteiger partial charge is 0.355 e. The molecule has 7 heteroatoms. The van der Waals surface area contributed by atoms with Gasteiger partial charge in [-0.1, -0.05) is 25.0 Å². The number of hydrogen-bond donors (Lipinski definition) is 2. The zero-order valence-corrected chi connectivity index (χ0v) is 18.4. The Kier molecular flexibility index (Phi) is 7.77. The summed E-state index contributed by atoms with van der Waals surface area (Å²) in [6.45, 7) is 6.87. The molecule has 1 amide bonds. The molecule has 2 heterocycles. The van der Waals surface area contributed by atoms with E-state index in [4.69, 9.17) is 4.98 Å². The minimum absolute atomic E-state index is 0. The minimum Gasteiger partial charge on any atom is -0.355 e. The SMILES string of the molecule is CC(C)n1c(CCNC(=O)[C@@]23CCCC[C@H]2CNC3)nc2ccccc21.Cl.Cl. The molecule has 0 bridgehead atoms. The van der Waals surface area contributed by atoms with Gasteiger partial charge in [0.2, 0.25) is 5.91 Å². The van der Waals surface area contributed by atoms with Crippen LogP contribution in [0.5, 0.6) is 0 Å². The topological polar surface area (TPSA) is 59.0 Å². The molecular formula is C21H32Cl2N4O. The van der Waals surface area contributed by atoms with Crippen molar-refractivity contribution in [1.29, 1.82) is 0 Å². The number of halogens is 2. The highest BCUT2D eigenvalue weighted by Crippen LogP contribution is 2.43. The molecule has 1 aliphatic carbocycles. The van der Waals surface area contributed by atoms with Gasteiger partial charge in [0, 0.05) is 25.6 Å². The number of rotatable bonds is 5. The summed E-state index contributed by atoms with van der Waals surface area (Å²) in [5.41, 5.74) is 2.04. The normalized spacial score (nSPS) is 23.8. The van der Waals surface area contributed by atoms with Crippen LogP contribution in [0.1, 0.15) is 51.4 Å². The Morgan fingerprint density at radius 2 is 2.11 bits per heavy atom. The molecule has 1 aromatic heterocycles. The summed E-state index contributed by atoms with van der Waals surface area (Å²) in [6.07, 6.45) is 5.42. The van der Waals surface area contributed by atoms with Gasteiger partial charge in [0.15, 0.2) is 0 Å². The van der Waals surface area contributed by atoms with E-state index in [-0.39, 0.29) is 36.1 Å². The van der Waals surface area contributed by atoms with Crippen molar-refractivity contribution in [2.45, 2.75) is 52.0 Å². The maximum atomic E-state index is 13.0. The van der Waals surface area contributed by atoms with E-state index >= 15 is 0 Å². The zero-order chi connectivity index (χ0) is 18.1.